The molecule has 0 bridgehead atoms. The van der Waals surface area contributed by atoms with E-state index < -0.39 is 6.04 Å². The predicted molar refractivity (Wildman–Crippen MR) is 128 cm³/mol. The van der Waals surface area contributed by atoms with Crippen molar-refractivity contribution in [2.45, 2.75) is 60.0 Å². The number of ether oxygens (including phenoxy) is 1. The number of aryl methyl sites for hydroxylation is 3. The van der Waals surface area contributed by atoms with E-state index in [2.05, 4.69) is 21.2 Å². The number of halogens is 1. The third-order valence-electron chi connectivity index (χ3n) is 5.31. The predicted octanol–water partition coefficient (Wildman–Crippen LogP) is 5.09. The highest BCUT2D eigenvalue weighted by molar-refractivity contribution is 9.10. The Bertz CT molecular complexity index is 890. The highest BCUT2D eigenvalue weighted by atomic mass is 79.9. The van der Waals surface area contributed by atoms with Crippen molar-refractivity contribution in [1.29, 1.82) is 0 Å². The fraction of sp³-hybridized carbons (Fsp3) is 0.440. The number of amides is 2. The molecule has 2 aromatic carbocycles. The van der Waals surface area contributed by atoms with Crippen molar-refractivity contribution >= 4 is 27.7 Å². The molecule has 0 heterocycles. The molecule has 1 N–H and O–H groups in total. The monoisotopic (exact) mass is 488 g/mol. The van der Waals surface area contributed by atoms with E-state index in [4.69, 9.17) is 4.74 Å². The minimum absolute atomic E-state index is 0.121. The van der Waals surface area contributed by atoms with Crippen LogP contribution in [0.25, 0.3) is 0 Å². The van der Waals surface area contributed by atoms with Crippen LogP contribution >= 0.6 is 15.9 Å². The zero-order valence-corrected chi connectivity index (χ0v) is 20.7. The van der Waals surface area contributed by atoms with Crippen LogP contribution < -0.4 is 10.1 Å². The van der Waals surface area contributed by atoms with Crippen molar-refractivity contribution in [3.8, 4) is 5.75 Å². The largest absolute Gasteiger partial charge is 0.484 e. The summed E-state index contributed by atoms with van der Waals surface area (Å²) in [7, 11) is 0. The van der Waals surface area contributed by atoms with Gasteiger partial charge in [-0.1, -0.05) is 54.0 Å². The molecule has 0 aliphatic rings. The summed E-state index contributed by atoms with van der Waals surface area (Å²) < 4.78 is 6.88. The first-order valence-electron chi connectivity index (χ1n) is 10.8. The van der Waals surface area contributed by atoms with E-state index in [-0.39, 0.29) is 18.4 Å². The van der Waals surface area contributed by atoms with E-state index in [1.807, 2.05) is 71.0 Å². The van der Waals surface area contributed by atoms with Gasteiger partial charge in [-0.05, 0) is 68.0 Å². The summed E-state index contributed by atoms with van der Waals surface area (Å²) in [6.07, 6.45) is 1.38. The van der Waals surface area contributed by atoms with Crippen LogP contribution in [-0.2, 0) is 16.1 Å². The molecule has 1 atom stereocenters. The molecule has 0 aromatic heterocycles. The number of hydrogen-bond acceptors (Lipinski definition) is 3. The number of rotatable bonds is 10. The van der Waals surface area contributed by atoms with Gasteiger partial charge in [0.2, 0.25) is 5.91 Å². The van der Waals surface area contributed by atoms with Crippen LogP contribution in [0.2, 0.25) is 0 Å². The lowest BCUT2D eigenvalue weighted by atomic mass is 10.1. The summed E-state index contributed by atoms with van der Waals surface area (Å²) in [6, 6.07) is 11.2. The van der Waals surface area contributed by atoms with Gasteiger partial charge in [0.1, 0.15) is 11.8 Å². The molecule has 0 aliphatic heterocycles. The molecular weight excluding hydrogens is 456 g/mol. The van der Waals surface area contributed by atoms with Crippen molar-refractivity contribution in [2.24, 2.45) is 0 Å². The van der Waals surface area contributed by atoms with Crippen LogP contribution in [0.3, 0.4) is 0 Å². The van der Waals surface area contributed by atoms with Crippen LogP contribution in [0.15, 0.2) is 40.9 Å². The summed E-state index contributed by atoms with van der Waals surface area (Å²) >= 11 is 3.55. The standard InChI is InChI=1S/C25H33BrN2O3/c1-6-12-27-25(30)22(7-2)28(15-20-11-9-8-10-17(20)3)23(29)16-31-21-13-18(4)24(26)19(5)14-21/h8-11,13-14,22H,6-7,12,15-16H2,1-5H3,(H,27,30)/t22-/m0/s1. The van der Waals surface area contributed by atoms with Gasteiger partial charge in [0.25, 0.3) is 5.91 Å². The van der Waals surface area contributed by atoms with Crippen LogP contribution in [0.1, 0.15) is 48.9 Å². The molecule has 0 fully saturated rings. The lowest BCUT2D eigenvalue weighted by Crippen LogP contribution is -2.50. The van der Waals surface area contributed by atoms with E-state index >= 15 is 0 Å². The summed E-state index contributed by atoms with van der Waals surface area (Å²) in [5, 5.41) is 2.94. The first-order chi connectivity index (χ1) is 14.8. The van der Waals surface area contributed by atoms with Crippen molar-refractivity contribution in [3.05, 3.63) is 63.1 Å². The molecule has 31 heavy (non-hydrogen) atoms. The van der Waals surface area contributed by atoms with Crippen LogP contribution in [-0.4, -0.2) is 35.9 Å². The average molecular weight is 489 g/mol. The molecule has 2 amide bonds. The highest BCUT2D eigenvalue weighted by Crippen LogP contribution is 2.26. The normalized spacial score (nSPS) is 11.7. The summed E-state index contributed by atoms with van der Waals surface area (Å²) in [4.78, 5) is 27.7. The Hall–Kier alpha value is -2.34. The molecule has 0 saturated heterocycles. The summed E-state index contributed by atoms with van der Waals surface area (Å²) in [5.74, 6) is 0.312. The van der Waals surface area contributed by atoms with Gasteiger partial charge >= 0.3 is 0 Å². The van der Waals surface area contributed by atoms with E-state index in [1.54, 1.807) is 4.90 Å². The number of carbonyl (C=O) groups is 2. The third-order valence-corrected chi connectivity index (χ3v) is 6.56. The third kappa shape index (κ3) is 6.82. The maximum absolute atomic E-state index is 13.3. The van der Waals surface area contributed by atoms with E-state index in [9.17, 15) is 9.59 Å². The average Bonchev–Trinajstić information content (AvgIpc) is 2.75. The topological polar surface area (TPSA) is 58.6 Å². The maximum Gasteiger partial charge on any atom is 0.261 e. The van der Waals surface area contributed by atoms with E-state index in [1.165, 1.54) is 0 Å². The minimum atomic E-state index is -0.546. The Morgan fingerprint density at radius 3 is 2.29 bits per heavy atom. The molecule has 168 valence electrons. The zero-order valence-electron chi connectivity index (χ0n) is 19.1. The zero-order chi connectivity index (χ0) is 23.0. The second-order valence-electron chi connectivity index (χ2n) is 7.82. The maximum atomic E-state index is 13.3. The van der Waals surface area contributed by atoms with Gasteiger partial charge in [-0.2, -0.15) is 0 Å². The van der Waals surface area contributed by atoms with E-state index in [0.717, 1.165) is 33.1 Å². The van der Waals surface area contributed by atoms with Gasteiger partial charge in [-0.15, -0.1) is 0 Å². The molecule has 0 radical (unpaired) electrons. The van der Waals surface area contributed by atoms with Gasteiger partial charge in [-0.3, -0.25) is 9.59 Å². The van der Waals surface area contributed by atoms with Gasteiger partial charge in [0, 0.05) is 17.6 Å². The Balaban J connectivity index is 2.24. The first kappa shape index (κ1) is 24.9. The number of nitrogens with zero attached hydrogens (tertiary/aromatic N) is 1. The number of benzene rings is 2. The SMILES string of the molecule is CCCNC(=O)[C@H](CC)N(Cc1ccccc1C)C(=O)COc1cc(C)c(Br)c(C)c1. The molecule has 2 aromatic rings. The Morgan fingerprint density at radius 2 is 1.71 bits per heavy atom. The lowest BCUT2D eigenvalue weighted by molar-refractivity contribution is -0.143. The molecule has 0 unspecified atom stereocenters. The first-order valence-corrected chi connectivity index (χ1v) is 11.6. The molecule has 6 heteroatoms. The van der Waals surface area contributed by atoms with Crippen molar-refractivity contribution in [2.75, 3.05) is 13.2 Å². The number of carbonyl (C=O) groups excluding carboxylic acids is 2. The minimum Gasteiger partial charge on any atom is -0.484 e. The van der Waals surface area contributed by atoms with Crippen molar-refractivity contribution in [3.63, 3.8) is 0 Å². The number of hydrogen-bond donors (Lipinski definition) is 1. The Kier molecular flexibility index (Phi) is 9.56. The van der Waals surface area contributed by atoms with Gasteiger partial charge in [0.05, 0.1) is 0 Å². The Morgan fingerprint density at radius 1 is 1.06 bits per heavy atom. The van der Waals surface area contributed by atoms with Crippen LogP contribution in [0.5, 0.6) is 5.75 Å². The van der Waals surface area contributed by atoms with Crippen molar-refractivity contribution < 1.29 is 14.3 Å². The molecule has 2 rings (SSSR count). The van der Waals surface area contributed by atoms with Gasteiger partial charge in [0.15, 0.2) is 6.61 Å². The smallest absolute Gasteiger partial charge is 0.261 e. The van der Waals surface area contributed by atoms with E-state index in [0.29, 0.717) is 25.3 Å². The Labute approximate surface area is 194 Å². The van der Waals surface area contributed by atoms with Crippen molar-refractivity contribution in [1.82, 2.24) is 10.2 Å². The fourth-order valence-corrected chi connectivity index (χ4v) is 3.70. The summed E-state index contributed by atoms with van der Waals surface area (Å²) in [5.41, 5.74) is 4.20. The van der Waals surface area contributed by atoms with Gasteiger partial charge < -0.3 is 15.0 Å². The second-order valence-corrected chi connectivity index (χ2v) is 8.62. The van der Waals surface area contributed by atoms with Crippen LogP contribution in [0.4, 0.5) is 0 Å². The summed E-state index contributed by atoms with van der Waals surface area (Å²) in [6.45, 7) is 10.8. The molecule has 0 saturated carbocycles. The molecular formula is C25H33BrN2O3. The lowest BCUT2D eigenvalue weighted by Gasteiger charge is -2.31. The van der Waals surface area contributed by atoms with Gasteiger partial charge in [-0.25, -0.2) is 0 Å². The highest BCUT2D eigenvalue weighted by Gasteiger charge is 2.29. The molecule has 0 aliphatic carbocycles. The second kappa shape index (κ2) is 11.9. The molecule has 5 nitrogen and oxygen atoms in total. The van der Waals surface area contributed by atoms with Crippen LogP contribution in [0, 0.1) is 20.8 Å². The molecule has 0 spiro atoms. The fourth-order valence-electron chi connectivity index (χ4n) is 3.47. The quantitative estimate of drug-likeness (QED) is 0.506. The number of nitrogens with one attached hydrogen (secondary N) is 1.